The normalized spacial score (nSPS) is 19.6. The van der Waals surface area contributed by atoms with E-state index in [9.17, 15) is 0 Å². The molecule has 2 unspecified atom stereocenters. The standard InChI is InChI=1S/C17H22N2S/c1-11-6-7-13(12(2)10-11)17(19-18)15-4-3-5-16-14(15)8-9-20-16/h6-10,15,17,19H,3-5,18H2,1-2H3. The first-order chi connectivity index (χ1) is 9.70. The molecule has 2 nitrogen and oxygen atoms in total. The van der Waals surface area contributed by atoms with Crippen LogP contribution in [-0.4, -0.2) is 0 Å². The van der Waals surface area contributed by atoms with Crippen molar-refractivity contribution >= 4 is 11.3 Å². The van der Waals surface area contributed by atoms with Gasteiger partial charge in [-0.2, -0.15) is 0 Å². The minimum atomic E-state index is 0.212. The number of hydrogen-bond donors (Lipinski definition) is 2. The molecule has 1 aliphatic carbocycles. The lowest BCUT2D eigenvalue weighted by molar-refractivity contribution is 0.409. The van der Waals surface area contributed by atoms with Crippen molar-refractivity contribution in [3.63, 3.8) is 0 Å². The molecule has 0 saturated carbocycles. The molecule has 1 aromatic heterocycles. The third-order valence-electron chi connectivity index (χ3n) is 4.44. The zero-order chi connectivity index (χ0) is 14.1. The van der Waals surface area contributed by atoms with Crippen LogP contribution in [0.1, 0.15) is 51.9 Å². The molecule has 106 valence electrons. The molecule has 0 aliphatic heterocycles. The van der Waals surface area contributed by atoms with Crippen LogP contribution < -0.4 is 11.3 Å². The third kappa shape index (κ3) is 2.41. The Morgan fingerprint density at radius 3 is 2.90 bits per heavy atom. The van der Waals surface area contributed by atoms with Gasteiger partial charge in [0.15, 0.2) is 0 Å². The molecule has 2 atom stereocenters. The lowest BCUT2D eigenvalue weighted by Crippen LogP contribution is -2.34. The molecular weight excluding hydrogens is 264 g/mol. The minimum absolute atomic E-state index is 0.212. The van der Waals surface area contributed by atoms with E-state index in [1.165, 1.54) is 41.5 Å². The number of hydrazine groups is 1. The van der Waals surface area contributed by atoms with Crippen LogP contribution in [0, 0.1) is 13.8 Å². The van der Waals surface area contributed by atoms with E-state index in [4.69, 9.17) is 5.84 Å². The highest BCUT2D eigenvalue weighted by molar-refractivity contribution is 7.10. The second-order valence-corrected chi connectivity index (χ2v) is 6.80. The van der Waals surface area contributed by atoms with Gasteiger partial charge >= 0.3 is 0 Å². The number of nitrogens with one attached hydrogen (secondary N) is 1. The molecule has 1 heterocycles. The molecule has 0 spiro atoms. The summed E-state index contributed by atoms with van der Waals surface area (Å²) in [6.45, 7) is 4.32. The van der Waals surface area contributed by atoms with Crippen LogP contribution in [0.4, 0.5) is 0 Å². The molecule has 1 aromatic carbocycles. The van der Waals surface area contributed by atoms with Crippen LogP contribution in [0.15, 0.2) is 29.6 Å². The highest BCUT2D eigenvalue weighted by Crippen LogP contribution is 2.42. The van der Waals surface area contributed by atoms with Crippen LogP contribution in [-0.2, 0) is 6.42 Å². The fourth-order valence-electron chi connectivity index (χ4n) is 3.47. The maximum atomic E-state index is 5.92. The van der Waals surface area contributed by atoms with Crippen molar-refractivity contribution in [2.45, 2.75) is 45.1 Å². The van der Waals surface area contributed by atoms with Crippen LogP contribution in [0.25, 0.3) is 0 Å². The molecule has 3 N–H and O–H groups in total. The van der Waals surface area contributed by atoms with Crippen molar-refractivity contribution in [2.24, 2.45) is 5.84 Å². The first-order valence-corrected chi connectivity index (χ1v) is 8.18. The maximum absolute atomic E-state index is 5.92. The predicted molar refractivity (Wildman–Crippen MR) is 86.0 cm³/mol. The first kappa shape index (κ1) is 13.8. The van der Waals surface area contributed by atoms with E-state index in [-0.39, 0.29) is 6.04 Å². The Hall–Kier alpha value is -1.16. The van der Waals surface area contributed by atoms with Gasteiger partial charge in [-0.05, 0) is 61.2 Å². The molecule has 0 amide bonds. The van der Waals surface area contributed by atoms with Gasteiger partial charge in [-0.25, -0.2) is 0 Å². The number of fused-ring (bicyclic) bond motifs is 1. The van der Waals surface area contributed by atoms with Gasteiger partial charge in [0.25, 0.3) is 0 Å². The molecular formula is C17H22N2S. The van der Waals surface area contributed by atoms with Gasteiger partial charge in [-0.1, -0.05) is 23.8 Å². The summed E-state index contributed by atoms with van der Waals surface area (Å²) in [5, 5.41) is 2.22. The molecule has 3 rings (SSSR count). The van der Waals surface area contributed by atoms with Gasteiger partial charge in [0.1, 0.15) is 0 Å². The maximum Gasteiger partial charge on any atom is 0.0531 e. The van der Waals surface area contributed by atoms with Crippen molar-refractivity contribution in [2.75, 3.05) is 0 Å². The van der Waals surface area contributed by atoms with Gasteiger partial charge in [-0.3, -0.25) is 11.3 Å². The number of aryl methyl sites for hydroxylation is 3. The average molecular weight is 286 g/mol. The molecule has 0 fully saturated rings. The van der Waals surface area contributed by atoms with Crippen molar-refractivity contribution < 1.29 is 0 Å². The second kappa shape index (κ2) is 5.68. The van der Waals surface area contributed by atoms with Crippen LogP contribution in [0.5, 0.6) is 0 Å². The van der Waals surface area contributed by atoms with Crippen molar-refractivity contribution in [1.82, 2.24) is 5.43 Å². The number of rotatable bonds is 3. The monoisotopic (exact) mass is 286 g/mol. The number of thiophene rings is 1. The summed E-state index contributed by atoms with van der Waals surface area (Å²) in [5.41, 5.74) is 8.56. The third-order valence-corrected chi connectivity index (χ3v) is 5.44. The number of hydrogen-bond acceptors (Lipinski definition) is 3. The summed E-state index contributed by atoms with van der Waals surface area (Å²) in [6, 6.07) is 9.17. The second-order valence-electron chi connectivity index (χ2n) is 5.80. The van der Waals surface area contributed by atoms with E-state index in [0.717, 1.165) is 0 Å². The Labute approximate surface area is 125 Å². The SMILES string of the molecule is Cc1ccc(C(NN)C2CCCc3sccc32)c(C)c1. The highest BCUT2D eigenvalue weighted by atomic mass is 32.1. The Bertz CT molecular complexity index is 603. The number of nitrogens with two attached hydrogens (primary N) is 1. The largest absolute Gasteiger partial charge is 0.271 e. The summed E-state index contributed by atoms with van der Waals surface area (Å²) in [7, 11) is 0. The van der Waals surface area contributed by atoms with Crippen LogP contribution >= 0.6 is 11.3 Å². The van der Waals surface area contributed by atoms with E-state index < -0.39 is 0 Å². The number of benzene rings is 1. The van der Waals surface area contributed by atoms with Gasteiger partial charge in [0.2, 0.25) is 0 Å². The van der Waals surface area contributed by atoms with E-state index in [0.29, 0.717) is 5.92 Å². The molecule has 0 saturated heterocycles. The fraction of sp³-hybridized carbons (Fsp3) is 0.412. The van der Waals surface area contributed by atoms with Crippen molar-refractivity contribution in [3.8, 4) is 0 Å². The predicted octanol–water partition coefficient (Wildman–Crippen LogP) is 3.99. The molecule has 2 aromatic rings. The molecule has 1 aliphatic rings. The Balaban J connectivity index is 1.99. The minimum Gasteiger partial charge on any atom is -0.271 e. The Morgan fingerprint density at radius 2 is 2.15 bits per heavy atom. The topological polar surface area (TPSA) is 38.0 Å². The molecule has 0 bridgehead atoms. The van der Waals surface area contributed by atoms with E-state index in [2.05, 4.69) is 48.9 Å². The van der Waals surface area contributed by atoms with Crippen molar-refractivity contribution in [1.29, 1.82) is 0 Å². The summed E-state index contributed by atoms with van der Waals surface area (Å²) >= 11 is 1.89. The van der Waals surface area contributed by atoms with E-state index in [1.54, 1.807) is 4.88 Å². The zero-order valence-electron chi connectivity index (χ0n) is 12.1. The first-order valence-electron chi connectivity index (χ1n) is 7.30. The summed E-state index contributed by atoms with van der Waals surface area (Å²) in [4.78, 5) is 1.55. The Morgan fingerprint density at radius 1 is 1.30 bits per heavy atom. The quantitative estimate of drug-likeness (QED) is 0.661. The molecule has 20 heavy (non-hydrogen) atoms. The van der Waals surface area contributed by atoms with Gasteiger partial charge in [0.05, 0.1) is 6.04 Å². The fourth-order valence-corrected chi connectivity index (χ4v) is 4.46. The van der Waals surface area contributed by atoms with Gasteiger partial charge < -0.3 is 0 Å². The van der Waals surface area contributed by atoms with Crippen LogP contribution in [0.3, 0.4) is 0 Å². The van der Waals surface area contributed by atoms with Crippen molar-refractivity contribution in [3.05, 3.63) is 56.8 Å². The van der Waals surface area contributed by atoms with E-state index >= 15 is 0 Å². The molecule has 3 heteroatoms. The smallest absolute Gasteiger partial charge is 0.0531 e. The zero-order valence-corrected chi connectivity index (χ0v) is 13.0. The average Bonchev–Trinajstić information content (AvgIpc) is 2.91. The van der Waals surface area contributed by atoms with Gasteiger partial charge in [0, 0.05) is 10.8 Å². The summed E-state index contributed by atoms with van der Waals surface area (Å²) < 4.78 is 0. The molecule has 0 radical (unpaired) electrons. The summed E-state index contributed by atoms with van der Waals surface area (Å²) in [6.07, 6.45) is 3.71. The Kier molecular flexibility index (Phi) is 3.92. The lowest BCUT2D eigenvalue weighted by atomic mass is 9.79. The van der Waals surface area contributed by atoms with Crippen LogP contribution in [0.2, 0.25) is 0 Å². The lowest BCUT2D eigenvalue weighted by Gasteiger charge is -2.31. The van der Waals surface area contributed by atoms with E-state index in [1.807, 2.05) is 11.3 Å². The van der Waals surface area contributed by atoms with Gasteiger partial charge in [-0.15, -0.1) is 11.3 Å². The summed E-state index contributed by atoms with van der Waals surface area (Å²) in [5.74, 6) is 6.42. The highest BCUT2D eigenvalue weighted by Gasteiger charge is 2.29.